The van der Waals surface area contributed by atoms with Crippen molar-refractivity contribution >= 4 is 5.78 Å². The standard InChI is InChI=1S/C12H15F2NO/c1-3-6-12(2,15)11(16)9-7-8(13)4-5-10(9)14/h4-5,7H,3,6,15H2,1-2H3. The molecule has 1 rings (SSSR count). The van der Waals surface area contributed by atoms with Gasteiger partial charge in [0.2, 0.25) is 0 Å². The van der Waals surface area contributed by atoms with Crippen molar-refractivity contribution in [3.63, 3.8) is 0 Å². The first-order chi connectivity index (χ1) is 7.38. The second kappa shape index (κ2) is 4.70. The fourth-order valence-corrected chi connectivity index (χ4v) is 1.61. The van der Waals surface area contributed by atoms with Crippen LogP contribution in [0.15, 0.2) is 18.2 Å². The Morgan fingerprint density at radius 3 is 2.62 bits per heavy atom. The van der Waals surface area contributed by atoms with E-state index in [1.54, 1.807) is 0 Å². The molecule has 0 saturated carbocycles. The molecule has 16 heavy (non-hydrogen) atoms. The third-order valence-corrected chi connectivity index (χ3v) is 2.46. The molecule has 0 aromatic heterocycles. The maximum Gasteiger partial charge on any atom is 0.185 e. The van der Waals surface area contributed by atoms with Crippen LogP contribution in [0.4, 0.5) is 8.78 Å². The van der Waals surface area contributed by atoms with Crippen molar-refractivity contribution in [3.8, 4) is 0 Å². The molecule has 88 valence electrons. The second-order valence-electron chi connectivity index (χ2n) is 4.12. The lowest BCUT2D eigenvalue weighted by Crippen LogP contribution is -2.45. The molecule has 0 bridgehead atoms. The number of Topliss-reactive ketones (excluding diaryl/α,β-unsaturated/α-hetero) is 1. The van der Waals surface area contributed by atoms with Crippen LogP contribution in [0.2, 0.25) is 0 Å². The van der Waals surface area contributed by atoms with Gasteiger partial charge in [-0.1, -0.05) is 13.3 Å². The molecule has 1 aromatic rings. The first-order valence-corrected chi connectivity index (χ1v) is 5.17. The van der Waals surface area contributed by atoms with Crippen LogP contribution in [0.25, 0.3) is 0 Å². The molecule has 0 fully saturated rings. The number of benzene rings is 1. The zero-order valence-electron chi connectivity index (χ0n) is 9.39. The van der Waals surface area contributed by atoms with Gasteiger partial charge in [0, 0.05) is 0 Å². The predicted octanol–water partition coefficient (Wildman–Crippen LogP) is 2.67. The molecular formula is C12H15F2NO. The average molecular weight is 227 g/mol. The summed E-state index contributed by atoms with van der Waals surface area (Å²) in [5.41, 5.74) is 4.35. The van der Waals surface area contributed by atoms with Gasteiger partial charge in [0.1, 0.15) is 11.6 Å². The summed E-state index contributed by atoms with van der Waals surface area (Å²) in [5.74, 6) is -1.94. The Labute approximate surface area is 93.5 Å². The van der Waals surface area contributed by atoms with E-state index in [1.807, 2.05) is 6.92 Å². The normalized spacial score (nSPS) is 14.6. The van der Waals surface area contributed by atoms with Crippen LogP contribution in [-0.2, 0) is 0 Å². The lowest BCUT2D eigenvalue weighted by molar-refractivity contribution is 0.0888. The molecule has 0 radical (unpaired) electrons. The molecule has 0 saturated heterocycles. The van der Waals surface area contributed by atoms with Gasteiger partial charge in [-0.2, -0.15) is 0 Å². The topological polar surface area (TPSA) is 43.1 Å². The van der Waals surface area contributed by atoms with E-state index in [-0.39, 0.29) is 5.56 Å². The van der Waals surface area contributed by atoms with Crippen molar-refractivity contribution in [1.82, 2.24) is 0 Å². The quantitative estimate of drug-likeness (QED) is 0.803. The van der Waals surface area contributed by atoms with E-state index in [0.29, 0.717) is 12.8 Å². The van der Waals surface area contributed by atoms with Crippen molar-refractivity contribution in [2.24, 2.45) is 5.73 Å². The van der Waals surface area contributed by atoms with E-state index in [1.165, 1.54) is 6.92 Å². The summed E-state index contributed by atoms with van der Waals surface area (Å²) in [4.78, 5) is 11.9. The van der Waals surface area contributed by atoms with Crippen LogP contribution >= 0.6 is 0 Å². The van der Waals surface area contributed by atoms with Crippen LogP contribution in [0.3, 0.4) is 0 Å². The SMILES string of the molecule is CCCC(C)(N)C(=O)c1cc(F)ccc1F. The largest absolute Gasteiger partial charge is 0.319 e. The maximum absolute atomic E-state index is 13.3. The molecule has 4 heteroatoms. The summed E-state index contributed by atoms with van der Waals surface area (Å²) in [6.45, 7) is 3.41. The van der Waals surface area contributed by atoms with Crippen LogP contribution in [0, 0.1) is 11.6 Å². The van der Waals surface area contributed by atoms with Crippen molar-refractivity contribution < 1.29 is 13.6 Å². The number of halogens is 2. The first-order valence-electron chi connectivity index (χ1n) is 5.17. The average Bonchev–Trinajstić information content (AvgIpc) is 2.20. The van der Waals surface area contributed by atoms with Gasteiger partial charge in [0.25, 0.3) is 0 Å². The number of ketones is 1. The molecule has 2 nitrogen and oxygen atoms in total. The zero-order chi connectivity index (χ0) is 12.3. The van der Waals surface area contributed by atoms with Crippen molar-refractivity contribution in [1.29, 1.82) is 0 Å². The third-order valence-electron chi connectivity index (χ3n) is 2.46. The lowest BCUT2D eigenvalue weighted by atomic mass is 9.88. The maximum atomic E-state index is 13.3. The van der Waals surface area contributed by atoms with Crippen LogP contribution in [0.1, 0.15) is 37.0 Å². The molecule has 1 unspecified atom stereocenters. The molecule has 0 spiro atoms. The van der Waals surface area contributed by atoms with Crippen LogP contribution in [0.5, 0.6) is 0 Å². The van der Waals surface area contributed by atoms with Gasteiger partial charge in [-0.15, -0.1) is 0 Å². The molecule has 0 aliphatic heterocycles. The Balaban J connectivity index is 3.09. The predicted molar refractivity (Wildman–Crippen MR) is 58.2 cm³/mol. The van der Waals surface area contributed by atoms with Crippen LogP contribution in [-0.4, -0.2) is 11.3 Å². The summed E-state index contributed by atoms with van der Waals surface area (Å²) in [6, 6.07) is 2.79. The van der Waals surface area contributed by atoms with Crippen molar-refractivity contribution in [2.75, 3.05) is 0 Å². The van der Waals surface area contributed by atoms with Gasteiger partial charge in [0.05, 0.1) is 11.1 Å². The number of carbonyl (C=O) groups excluding carboxylic acids is 1. The Morgan fingerprint density at radius 2 is 2.06 bits per heavy atom. The van der Waals surface area contributed by atoms with E-state index >= 15 is 0 Å². The minimum absolute atomic E-state index is 0.279. The van der Waals surface area contributed by atoms with Gasteiger partial charge in [-0.3, -0.25) is 4.79 Å². The van der Waals surface area contributed by atoms with E-state index in [4.69, 9.17) is 5.73 Å². The highest BCUT2D eigenvalue weighted by Crippen LogP contribution is 2.19. The molecule has 0 heterocycles. The van der Waals surface area contributed by atoms with Gasteiger partial charge in [0.15, 0.2) is 5.78 Å². The molecule has 1 atom stereocenters. The monoisotopic (exact) mass is 227 g/mol. The molecule has 2 N–H and O–H groups in total. The fraction of sp³-hybridized carbons (Fsp3) is 0.417. The van der Waals surface area contributed by atoms with E-state index < -0.39 is 23.0 Å². The van der Waals surface area contributed by atoms with Crippen molar-refractivity contribution in [3.05, 3.63) is 35.4 Å². The molecule has 0 aliphatic rings. The lowest BCUT2D eigenvalue weighted by Gasteiger charge is -2.22. The minimum atomic E-state index is -1.15. The summed E-state index contributed by atoms with van der Waals surface area (Å²) in [7, 11) is 0. The molecule has 1 aromatic carbocycles. The summed E-state index contributed by atoms with van der Waals surface area (Å²) in [6.07, 6.45) is 1.14. The van der Waals surface area contributed by atoms with E-state index in [0.717, 1.165) is 18.2 Å². The number of rotatable bonds is 4. The minimum Gasteiger partial charge on any atom is -0.319 e. The highest BCUT2D eigenvalue weighted by atomic mass is 19.1. The molecule has 0 aliphatic carbocycles. The Kier molecular flexibility index (Phi) is 3.75. The summed E-state index contributed by atoms with van der Waals surface area (Å²) in [5, 5.41) is 0. The highest BCUT2D eigenvalue weighted by molar-refractivity contribution is 6.03. The summed E-state index contributed by atoms with van der Waals surface area (Å²) >= 11 is 0. The number of hydrogen-bond acceptors (Lipinski definition) is 2. The van der Waals surface area contributed by atoms with Gasteiger partial charge < -0.3 is 5.73 Å². The smallest absolute Gasteiger partial charge is 0.185 e. The van der Waals surface area contributed by atoms with Gasteiger partial charge >= 0.3 is 0 Å². The Morgan fingerprint density at radius 1 is 1.44 bits per heavy atom. The fourth-order valence-electron chi connectivity index (χ4n) is 1.61. The van der Waals surface area contributed by atoms with E-state index in [9.17, 15) is 13.6 Å². The number of nitrogens with two attached hydrogens (primary N) is 1. The Hall–Kier alpha value is -1.29. The first kappa shape index (κ1) is 12.8. The number of hydrogen-bond donors (Lipinski definition) is 1. The summed E-state index contributed by atoms with van der Waals surface area (Å²) < 4.78 is 26.3. The zero-order valence-corrected chi connectivity index (χ0v) is 9.39. The van der Waals surface area contributed by atoms with Crippen molar-refractivity contribution in [2.45, 2.75) is 32.2 Å². The molecular weight excluding hydrogens is 212 g/mol. The van der Waals surface area contributed by atoms with Crippen LogP contribution < -0.4 is 5.73 Å². The highest BCUT2D eigenvalue weighted by Gasteiger charge is 2.30. The number of carbonyl (C=O) groups is 1. The van der Waals surface area contributed by atoms with Gasteiger partial charge in [-0.05, 0) is 31.5 Å². The van der Waals surface area contributed by atoms with E-state index in [2.05, 4.69) is 0 Å². The Bertz CT molecular complexity index is 402. The van der Waals surface area contributed by atoms with Gasteiger partial charge in [-0.25, -0.2) is 8.78 Å². The second-order valence-corrected chi connectivity index (χ2v) is 4.12. The molecule has 0 amide bonds. The third kappa shape index (κ3) is 2.64.